The monoisotopic (exact) mass is 256 g/mol. The fourth-order valence-corrected chi connectivity index (χ4v) is 1.68. The predicted octanol–water partition coefficient (Wildman–Crippen LogP) is 2.98. The van der Waals surface area contributed by atoms with Gasteiger partial charge in [-0.2, -0.15) is 5.26 Å². The molecule has 0 aliphatic heterocycles. The first-order valence-corrected chi connectivity index (χ1v) is 5.39. The Kier molecular flexibility index (Phi) is 4.60. The van der Waals surface area contributed by atoms with Crippen molar-refractivity contribution in [1.29, 1.82) is 5.26 Å². The van der Waals surface area contributed by atoms with E-state index in [0.29, 0.717) is 28.6 Å². The molecule has 1 rings (SSSR count). The Morgan fingerprint density at radius 1 is 1.50 bits per heavy atom. The summed E-state index contributed by atoms with van der Waals surface area (Å²) < 4.78 is 0. The Morgan fingerprint density at radius 3 is 2.75 bits per heavy atom. The second kappa shape index (κ2) is 5.74. The van der Waals surface area contributed by atoms with E-state index in [9.17, 15) is 4.79 Å². The van der Waals surface area contributed by atoms with Crippen molar-refractivity contribution in [3.8, 4) is 6.07 Å². The summed E-state index contributed by atoms with van der Waals surface area (Å²) in [5.74, 6) is -0.211. The van der Waals surface area contributed by atoms with Crippen LogP contribution in [-0.2, 0) is 0 Å². The van der Waals surface area contributed by atoms with Gasteiger partial charge in [-0.3, -0.25) is 4.79 Å². The van der Waals surface area contributed by atoms with Crippen molar-refractivity contribution in [2.75, 3.05) is 13.6 Å². The maximum absolute atomic E-state index is 11.9. The van der Waals surface area contributed by atoms with Crippen molar-refractivity contribution < 1.29 is 4.79 Å². The summed E-state index contributed by atoms with van der Waals surface area (Å²) >= 11 is 11.6. The number of halogens is 2. The molecule has 1 aromatic rings. The highest BCUT2D eigenvalue weighted by molar-refractivity contribution is 6.36. The maximum atomic E-state index is 11.9. The number of hydrogen-bond acceptors (Lipinski definition) is 2. The molecule has 5 heteroatoms. The number of amides is 1. The number of nitrogens with zero attached hydrogens (tertiary/aromatic N) is 2. The Balaban J connectivity index is 2.84. The Hall–Kier alpha value is -1.24. The van der Waals surface area contributed by atoms with Gasteiger partial charge in [-0.15, -0.1) is 0 Å². The topological polar surface area (TPSA) is 44.1 Å². The van der Waals surface area contributed by atoms with Crippen LogP contribution >= 0.6 is 23.2 Å². The number of carbonyl (C=O) groups is 1. The Bertz CT molecular complexity index is 440. The van der Waals surface area contributed by atoms with Gasteiger partial charge in [0.2, 0.25) is 0 Å². The first-order valence-electron chi connectivity index (χ1n) is 4.63. The van der Waals surface area contributed by atoms with Crippen LogP contribution in [0.4, 0.5) is 0 Å². The highest BCUT2D eigenvalue weighted by Crippen LogP contribution is 2.21. The highest BCUT2D eigenvalue weighted by atomic mass is 35.5. The summed E-state index contributed by atoms with van der Waals surface area (Å²) in [5.41, 5.74) is 0.395. The molecule has 0 N–H and O–H groups in total. The molecule has 1 aromatic carbocycles. The molecule has 0 saturated heterocycles. The summed E-state index contributed by atoms with van der Waals surface area (Å²) in [6.45, 7) is 0.383. The molecular formula is C11H10Cl2N2O. The van der Waals surface area contributed by atoms with Crippen molar-refractivity contribution in [2.45, 2.75) is 6.42 Å². The number of rotatable bonds is 3. The molecule has 0 bridgehead atoms. The largest absolute Gasteiger partial charge is 0.341 e. The zero-order valence-electron chi connectivity index (χ0n) is 8.70. The molecule has 0 unspecified atom stereocenters. The van der Waals surface area contributed by atoms with E-state index in [4.69, 9.17) is 28.5 Å². The minimum Gasteiger partial charge on any atom is -0.341 e. The zero-order chi connectivity index (χ0) is 12.1. The van der Waals surface area contributed by atoms with Gasteiger partial charge < -0.3 is 4.90 Å². The lowest BCUT2D eigenvalue weighted by Gasteiger charge is -2.16. The van der Waals surface area contributed by atoms with Crippen LogP contribution in [0.15, 0.2) is 18.2 Å². The fourth-order valence-electron chi connectivity index (χ4n) is 1.19. The van der Waals surface area contributed by atoms with Gasteiger partial charge in [0, 0.05) is 18.6 Å². The summed E-state index contributed by atoms with van der Waals surface area (Å²) in [5, 5.41) is 9.23. The third-order valence-electron chi connectivity index (χ3n) is 2.07. The van der Waals surface area contributed by atoms with Crippen LogP contribution in [0.2, 0.25) is 10.0 Å². The van der Waals surface area contributed by atoms with Gasteiger partial charge in [-0.1, -0.05) is 23.2 Å². The van der Waals surface area contributed by atoms with Gasteiger partial charge in [0.25, 0.3) is 5.91 Å². The lowest BCUT2D eigenvalue weighted by atomic mass is 10.2. The van der Waals surface area contributed by atoms with E-state index >= 15 is 0 Å². The predicted molar refractivity (Wildman–Crippen MR) is 63.7 cm³/mol. The smallest absolute Gasteiger partial charge is 0.255 e. The number of carbonyl (C=O) groups excluding carboxylic acids is 1. The third-order valence-corrected chi connectivity index (χ3v) is 2.62. The number of benzene rings is 1. The molecule has 0 aromatic heterocycles. The number of nitriles is 1. The van der Waals surface area contributed by atoms with Crippen LogP contribution in [0, 0.1) is 11.3 Å². The average molecular weight is 257 g/mol. The van der Waals surface area contributed by atoms with Crippen molar-refractivity contribution >= 4 is 29.1 Å². The van der Waals surface area contributed by atoms with E-state index in [1.165, 1.54) is 11.0 Å². The highest BCUT2D eigenvalue weighted by Gasteiger charge is 2.14. The molecule has 0 aliphatic carbocycles. The van der Waals surface area contributed by atoms with Gasteiger partial charge in [0.1, 0.15) is 0 Å². The first kappa shape index (κ1) is 12.8. The fraction of sp³-hybridized carbons (Fsp3) is 0.273. The van der Waals surface area contributed by atoms with E-state index < -0.39 is 0 Å². The third kappa shape index (κ3) is 3.13. The molecule has 84 valence electrons. The second-order valence-electron chi connectivity index (χ2n) is 3.26. The zero-order valence-corrected chi connectivity index (χ0v) is 10.2. The standard InChI is InChI=1S/C11H10Cl2N2O/c1-15(6-2-5-14)11(16)9-4-3-8(12)7-10(9)13/h3-4,7H,2,6H2,1H3. The quantitative estimate of drug-likeness (QED) is 0.835. The van der Waals surface area contributed by atoms with E-state index in [1.807, 2.05) is 6.07 Å². The summed E-state index contributed by atoms with van der Waals surface area (Å²) in [7, 11) is 1.63. The van der Waals surface area contributed by atoms with Crippen molar-refractivity contribution in [1.82, 2.24) is 4.90 Å². The Labute approximate surface area is 104 Å². The summed E-state index contributed by atoms with van der Waals surface area (Å²) in [6, 6.07) is 6.69. The molecule has 3 nitrogen and oxygen atoms in total. The van der Waals surface area contributed by atoms with Crippen LogP contribution in [0.5, 0.6) is 0 Å². The van der Waals surface area contributed by atoms with Crippen LogP contribution in [-0.4, -0.2) is 24.4 Å². The summed E-state index contributed by atoms with van der Waals surface area (Å²) in [4.78, 5) is 13.3. The molecule has 0 atom stereocenters. The van der Waals surface area contributed by atoms with E-state index in [2.05, 4.69) is 0 Å². The van der Waals surface area contributed by atoms with Gasteiger partial charge in [0.05, 0.1) is 23.1 Å². The van der Waals surface area contributed by atoms with Gasteiger partial charge in [-0.05, 0) is 18.2 Å². The Morgan fingerprint density at radius 2 is 2.19 bits per heavy atom. The normalized spacial score (nSPS) is 9.62. The molecule has 0 aliphatic rings. The SMILES string of the molecule is CN(CCC#N)C(=O)c1ccc(Cl)cc1Cl. The molecular weight excluding hydrogens is 247 g/mol. The van der Waals surface area contributed by atoms with E-state index in [-0.39, 0.29) is 5.91 Å². The molecule has 0 saturated carbocycles. The van der Waals surface area contributed by atoms with E-state index in [0.717, 1.165) is 0 Å². The van der Waals surface area contributed by atoms with Crippen molar-refractivity contribution in [3.63, 3.8) is 0 Å². The second-order valence-corrected chi connectivity index (χ2v) is 4.10. The molecule has 0 fully saturated rings. The minimum atomic E-state index is -0.211. The van der Waals surface area contributed by atoms with Crippen LogP contribution in [0.1, 0.15) is 16.8 Å². The lowest BCUT2D eigenvalue weighted by Crippen LogP contribution is -2.27. The van der Waals surface area contributed by atoms with Crippen LogP contribution in [0.25, 0.3) is 0 Å². The molecule has 16 heavy (non-hydrogen) atoms. The first-order chi connectivity index (χ1) is 7.56. The maximum Gasteiger partial charge on any atom is 0.255 e. The van der Waals surface area contributed by atoms with Crippen molar-refractivity contribution in [3.05, 3.63) is 33.8 Å². The molecule has 0 radical (unpaired) electrons. The van der Waals surface area contributed by atoms with Gasteiger partial charge in [0.15, 0.2) is 0 Å². The number of hydrogen-bond donors (Lipinski definition) is 0. The van der Waals surface area contributed by atoms with Crippen LogP contribution < -0.4 is 0 Å². The van der Waals surface area contributed by atoms with Crippen LogP contribution in [0.3, 0.4) is 0 Å². The lowest BCUT2D eigenvalue weighted by molar-refractivity contribution is 0.0798. The summed E-state index contributed by atoms with van der Waals surface area (Å²) in [6.07, 6.45) is 0.299. The average Bonchev–Trinajstić information content (AvgIpc) is 2.25. The molecule has 0 heterocycles. The van der Waals surface area contributed by atoms with E-state index in [1.54, 1.807) is 19.2 Å². The minimum absolute atomic E-state index is 0.211. The van der Waals surface area contributed by atoms with Crippen molar-refractivity contribution in [2.24, 2.45) is 0 Å². The molecule has 1 amide bonds. The van der Waals surface area contributed by atoms with Gasteiger partial charge in [-0.25, -0.2) is 0 Å². The van der Waals surface area contributed by atoms with Gasteiger partial charge >= 0.3 is 0 Å². The molecule has 0 spiro atoms.